The molecule has 4 nitrogen and oxygen atoms in total. The molecule has 1 unspecified atom stereocenters. The van der Waals surface area contributed by atoms with Crippen molar-refractivity contribution in [3.05, 3.63) is 52.5 Å². The van der Waals surface area contributed by atoms with Crippen molar-refractivity contribution in [2.45, 2.75) is 31.5 Å². The van der Waals surface area contributed by atoms with Gasteiger partial charge in [0.15, 0.2) is 5.84 Å². The fourth-order valence-corrected chi connectivity index (χ4v) is 3.21. The zero-order valence-corrected chi connectivity index (χ0v) is 14.6. The normalized spacial score (nSPS) is 22.5. The molecule has 0 fully saturated rings. The minimum Gasteiger partial charge on any atom is -0.377 e. The molecule has 0 saturated heterocycles. The number of hydrogen-bond acceptors (Lipinski definition) is 4. The summed E-state index contributed by atoms with van der Waals surface area (Å²) in [6, 6.07) is 2.94. The summed E-state index contributed by atoms with van der Waals surface area (Å²) in [5, 5.41) is 10.4. The molecule has 1 atom stereocenters. The van der Waals surface area contributed by atoms with E-state index in [1.54, 1.807) is 13.8 Å². The van der Waals surface area contributed by atoms with Crippen LogP contribution >= 0.6 is 11.6 Å². The zero-order chi connectivity index (χ0) is 19.3. The predicted molar refractivity (Wildman–Crippen MR) is 88.0 cm³/mol. The van der Waals surface area contributed by atoms with Crippen LogP contribution in [0.25, 0.3) is 0 Å². The van der Waals surface area contributed by atoms with Gasteiger partial charge in [0.1, 0.15) is 11.2 Å². The average Bonchev–Trinajstić information content (AvgIpc) is 2.51. The minimum absolute atomic E-state index is 0.103. The second-order valence-corrected chi connectivity index (χ2v) is 6.71. The maximum absolute atomic E-state index is 14.4. The van der Waals surface area contributed by atoms with Crippen molar-refractivity contribution in [2.24, 2.45) is 4.99 Å². The summed E-state index contributed by atoms with van der Waals surface area (Å²) in [6.45, 7) is 2.37. The fraction of sp³-hybridized carbons (Fsp3) is 0.353. The molecule has 140 valence electrons. The number of benzene rings is 1. The van der Waals surface area contributed by atoms with Crippen molar-refractivity contribution in [3.63, 3.8) is 0 Å². The van der Waals surface area contributed by atoms with Crippen LogP contribution in [0.15, 0.2) is 46.1 Å². The number of hydrogen-bond donors (Lipinski definition) is 1. The van der Waals surface area contributed by atoms with Crippen molar-refractivity contribution in [1.82, 2.24) is 5.06 Å². The molecule has 0 bridgehead atoms. The van der Waals surface area contributed by atoms with Crippen LogP contribution in [0.1, 0.15) is 19.4 Å². The van der Waals surface area contributed by atoms with Crippen molar-refractivity contribution in [2.75, 3.05) is 6.61 Å². The Balaban J connectivity index is 2.35. The van der Waals surface area contributed by atoms with Gasteiger partial charge in [0.25, 0.3) is 0 Å². The molecule has 1 aromatic rings. The van der Waals surface area contributed by atoms with Crippen LogP contribution in [0.2, 0.25) is 0 Å². The highest BCUT2D eigenvalue weighted by Crippen LogP contribution is 2.54. The third kappa shape index (κ3) is 2.91. The number of halogens is 5. The molecule has 9 heteroatoms. The first-order chi connectivity index (χ1) is 12.1. The van der Waals surface area contributed by atoms with Gasteiger partial charge < -0.3 is 4.74 Å². The topological polar surface area (TPSA) is 45.1 Å². The van der Waals surface area contributed by atoms with Crippen molar-refractivity contribution >= 4 is 23.1 Å². The molecule has 0 aliphatic carbocycles. The smallest absolute Gasteiger partial charge is 0.377 e. The van der Waals surface area contributed by atoms with E-state index >= 15 is 0 Å². The van der Waals surface area contributed by atoms with Crippen LogP contribution in [-0.2, 0) is 10.2 Å². The van der Waals surface area contributed by atoms with Gasteiger partial charge in [-0.15, -0.1) is 0 Å². The Kier molecular flexibility index (Phi) is 4.62. The number of amidine groups is 1. The Morgan fingerprint density at radius 1 is 1.35 bits per heavy atom. The van der Waals surface area contributed by atoms with Gasteiger partial charge in [-0.1, -0.05) is 11.6 Å². The van der Waals surface area contributed by atoms with Gasteiger partial charge in [0.05, 0.1) is 29.6 Å². The Morgan fingerprint density at radius 3 is 2.65 bits per heavy atom. The molecule has 1 N–H and O–H groups in total. The van der Waals surface area contributed by atoms with Crippen molar-refractivity contribution < 1.29 is 27.5 Å². The molecular formula is C17H15ClF4N2O2. The van der Waals surface area contributed by atoms with E-state index in [-0.39, 0.29) is 22.1 Å². The van der Waals surface area contributed by atoms with E-state index in [2.05, 4.69) is 4.99 Å². The van der Waals surface area contributed by atoms with Crippen molar-refractivity contribution in [3.8, 4) is 0 Å². The minimum atomic E-state index is -4.87. The summed E-state index contributed by atoms with van der Waals surface area (Å²) in [4.78, 5) is 4.06. The quantitative estimate of drug-likeness (QED) is 0.754. The number of rotatable bonds is 3. The summed E-state index contributed by atoms with van der Waals surface area (Å²) < 4.78 is 62.4. The molecule has 3 rings (SSSR count). The molecule has 1 aromatic carbocycles. The lowest BCUT2D eigenvalue weighted by atomic mass is 9.70. The molecule has 2 heterocycles. The maximum atomic E-state index is 14.4. The Labute approximate surface area is 152 Å². The Hall–Kier alpha value is -1.90. The van der Waals surface area contributed by atoms with E-state index in [0.717, 1.165) is 30.5 Å². The second kappa shape index (κ2) is 6.37. The van der Waals surface area contributed by atoms with Crippen LogP contribution in [0.3, 0.4) is 0 Å². The SMILES string of the molecule is CC(C)OCC1(C(F)(F)F)C2=CC(Cl)=CN(O)C2=Nc2ccc(F)cc21. The molecule has 26 heavy (non-hydrogen) atoms. The van der Waals surface area contributed by atoms with Gasteiger partial charge in [0.2, 0.25) is 0 Å². The lowest BCUT2D eigenvalue weighted by molar-refractivity contribution is -0.195. The summed E-state index contributed by atoms with van der Waals surface area (Å²) in [6.07, 6.45) is -3.28. The highest BCUT2D eigenvalue weighted by Gasteiger charge is 2.62. The van der Waals surface area contributed by atoms with Crippen LogP contribution in [0.4, 0.5) is 23.2 Å². The first kappa shape index (κ1) is 18.9. The number of hydroxylamine groups is 2. The fourth-order valence-electron chi connectivity index (χ4n) is 3.01. The van der Waals surface area contributed by atoms with Gasteiger partial charge in [0, 0.05) is 11.1 Å². The zero-order valence-electron chi connectivity index (χ0n) is 13.8. The van der Waals surface area contributed by atoms with E-state index in [1.807, 2.05) is 0 Å². The number of allylic oxidation sites excluding steroid dienone is 2. The Morgan fingerprint density at radius 2 is 2.04 bits per heavy atom. The van der Waals surface area contributed by atoms with Gasteiger partial charge in [-0.25, -0.2) is 14.4 Å². The number of alkyl halides is 3. The highest BCUT2D eigenvalue weighted by molar-refractivity contribution is 6.32. The van der Waals surface area contributed by atoms with Crippen LogP contribution in [0.5, 0.6) is 0 Å². The maximum Gasteiger partial charge on any atom is 0.404 e. The van der Waals surface area contributed by atoms with Gasteiger partial charge in [-0.3, -0.25) is 5.21 Å². The number of aliphatic imine (C=N–C) groups is 1. The standard InChI is InChI=1S/C17H15ClF4N2O2/c1-9(2)26-8-16(17(20,21)22)12-6-11(19)3-4-14(12)23-15-13(16)5-10(18)7-24(15)25/h3-7,9,25H,8H2,1-2H3. The van der Waals surface area contributed by atoms with Gasteiger partial charge >= 0.3 is 6.18 Å². The molecule has 0 aromatic heterocycles. The second-order valence-electron chi connectivity index (χ2n) is 6.28. The molecule has 2 aliphatic rings. The van der Waals surface area contributed by atoms with E-state index in [9.17, 15) is 22.8 Å². The number of nitrogens with zero attached hydrogens (tertiary/aromatic N) is 2. The first-order valence-electron chi connectivity index (χ1n) is 7.71. The number of ether oxygens (including phenoxy) is 1. The molecule has 2 aliphatic heterocycles. The molecular weight excluding hydrogens is 376 g/mol. The molecule has 0 spiro atoms. The highest BCUT2D eigenvalue weighted by atomic mass is 35.5. The largest absolute Gasteiger partial charge is 0.404 e. The predicted octanol–water partition coefficient (Wildman–Crippen LogP) is 4.81. The van der Waals surface area contributed by atoms with Gasteiger partial charge in [-0.2, -0.15) is 13.2 Å². The number of fused-ring (bicyclic) bond motifs is 2. The molecule has 0 radical (unpaired) electrons. The summed E-state index contributed by atoms with van der Waals surface area (Å²) in [5.41, 5.74) is -3.63. The lowest BCUT2D eigenvalue weighted by Crippen LogP contribution is -2.54. The summed E-state index contributed by atoms with van der Waals surface area (Å²) in [5.74, 6) is -1.17. The van der Waals surface area contributed by atoms with Crippen molar-refractivity contribution in [1.29, 1.82) is 0 Å². The van der Waals surface area contributed by atoms with Crippen LogP contribution in [-0.4, -0.2) is 35.0 Å². The first-order valence-corrected chi connectivity index (χ1v) is 8.09. The van der Waals surface area contributed by atoms with Crippen LogP contribution < -0.4 is 0 Å². The molecule has 0 saturated carbocycles. The lowest BCUT2D eigenvalue weighted by Gasteiger charge is -2.43. The molecule has 0 amide bonds. The van der Waals surface area contributed by atoms with E-state index in [4.69, 9.17) is 16.3 Å². The van der Waals surface area contributed by atoms with E-state index < -0.39 is 35.7 Å². The third-order valence-electron chi connectivity index (χ3n) is 4.21. The van der Waals surface area contributed by atoms with Gasteiger partial charge in [-0.05, 0) is 38.1 Å². The third-order valence-corrected chi connectivity index (χ3v) is 4.41. The van der Waals surface area contributed by atoms with E-state index in [0.29, 0.717) is 5.06 Å². The summed E-state index contributed by atoms with van der Waals surface area (Å²) >= 11 is 5.88. The average molecular weight is 391 g/mol. The van der Waals surface area contributed by atoms with Crippen LogP contribution in [0, 0.1) is 5.82 Å². The van der Waals surface area contributed by atoms with E-state index in [1.165, 1.54) is 0 Å². The monoisotopic (exact) mass is 390 g/mol. The summed E-state index contributed by atoms with van der Waals surface area (Å²) in [7, 11) is 0. The Bertz CT molecular complexity index is 833.